The summed E-state index contributed by atoms with van der Waals surface area (Å²) < 4.78 is 6.37. The van der Waals surface area contributed by atoms with Crippen LogP contribution in [0.25, 0.3) is 0 Å². The van der Waals surface area contributed by atoms with E-state index in [0.29, 0.717) is 6.42 Å². The molecule has 3 nitrogen and oxygen atoms in total. The van der Waals surface area contributed by atoms with E-state index in [1.54, 1.807) is 7.11 Å². The fourth-order valence-corrected chi connectivity index (χ4v) is 2.41. The van der Waals surface area contributed by atoms with Crippen molar-refractivity contribution in [2.24, 2.45) is 5.73 Å². The molecule has 1 rings (SSSR count). The molecule has 0 aliphatic rings. The molecular formula is C14H22BrNO2. The summed E-state index contributed by atoms with van der Waals surface area (Å²) in [5.41, 5.74) is 6.94. The number of rotatable bonds is 6. The summed E-state index contributed by atoms with van der Waals surface area (Å²) in [6.45, 7) is 4.06. The molecule has 0 saturated carbocycles. The maximum atomic E-state index is 10.0. The van der Waals surface area contributed by atoms with E-state index in [1.807, 2.05) is 25.1 Å². The van der Waals surface area contributed by atoms with Gasteiger partial charge in [-0.25, -0.2) is 0 Å². The Hall–Kier alpha value is -0.580. The summed E-state index contributed by atoms with van der Waals surface area (Å²) in [6, 6.07) is 5.75. The molecule has 0 aliphatic heterocycles. The Labute approximate surface area is 117 Å². The number of hydrogen-bond acceptors (Lipinski definition) is 3. The molecule has 0 amide bonds. The van der Waals surface area contributed by atoms with Crippen LogP contribution in [0.1, 0.15) is 38.2 Å². The molecule has 0 heterocycles. The summed E-state index contributed by atoms with van der Waals surface area (Å²) in [6.07, 6.45) is 0.944. The second-order valence-electron chi connectivity index (χ2n) is 4.66. The van der Waals surface area contributed by atoms with E-state index in [0.717, 1.165) is 22.2 Å². The third-order valence-corrected chi connectivity index (χ3v) is 3.78. The standard InChI is InChI=1S/C14H22BrNO2/c1-4-12(16)13(17)7-9(2)11-8-10(15)5-6-14(11)18-3/h5-6,8-9,12-13,17H,4,7,16H2,1-3H3. The van der Waals surface area contributed by atoms with Crippen molar-refractivity contribution in [2.75, 3.05) is 7.11 Å². The molecule has 0 spiro atoms. The van der Waals surface area contributed by atoms with Crippen molar-refractivity contribution < 1.29 is 9.84 Å². The van der Waals surface area contributed by atoms with Crippen LogP contribution >= 0.6 is 15.9 Å². The minimum absolute atomic E-state index is 0.161. The highest BCUT2D eigenvalue weighted by Gasteiger charge is 2.19. The molecule has 0 saturated heterocycles. The maximum absolute atomic E-state index is 10.0. The summed E-state index contributed by atoms with van der Waals surface area (Å²) in [4.78, 5) is 0. The van der Waals surface area contributed by atoms with Crippen LogP contribution in [0, 0.1) is 0 Å². The highest BCUT2D eigenvalue weighted by Crippen LogP contribution is 2.32. The third-order valence-electron chi connectivity index (χ3n) is 3.28. The van der Waals surface area contributed by atoms with Gasteiger partial charge in [-0.1, -0.05) is 29.8 Å². The highest BCUT2D eigenvalue weighted by molar-refractivity contribution is 9.10. The van der Waals surface area contributed by atoms with Crippen LogP contribution in [0.5, 0.6) is 5.75 Å². The van der Waals surface area contributed by atoms with E-state index >= 15 is 0 Å². The number of halogens is 1. The predicted molar refractivity (Wildman–Crippen MR) is 78.0 cm³/mol. The van der Waals surface area contributed by atoms with Gasteiger partial charge in [-0.3, -0.25) is 0 Å². The quantitative estimate of drug-likeness (QED) is 0.848. The average molecular weight is 316 g/mol. The zero-order chi connectivity index (χ0) is 13.7. The van der Waals surface area contributed by atoms with Crippen molar-refractivity contribution in [2.45, 2.75) is 44.8 Å². The minimum atomic E-state index is -0.478. The topological polar surface area (TPSA) is 55.5 Å². The lowest BCUT2D eigenvalue weighted by molar-refractivity contribution is 0.126. The minimum Gasteiger partial charge on any atom is -0.496 e. The fourth-order valence-electron chi connectivity index (χ4n) is 2.03. The van der Waals surface area contributed by atoms with E-state index in [1.165, 1.54) is 0 Å². The van der Waals surface area contributed by atoms with Gasteiger partial charge in [0.2, 0.25) is 0 Å². The lowest BCUT2D eigenvalue weighted by Crippen LogP contribution is -2.34. The van der Waals surface area contributed by atoms with Crippen LogP contribution in [0.2, 0.25) is 0 Å². The molecule has 102 valence electrons. The number of ether oxygens (including phenoxy) is 1. The summed E-state index contributed by atoms with van der Waals surface area (Å²) in [7, 11) is 1.66. The van der Waals surface area contributed by atoms with Gasteiger partial charge in [0.15, 0.2) is 0 Å². The zero-order valence-electron chi connectivity index (χ0n) is 11.2. The smallest absolute Gasteiger partial charge is 0.122 e. The molecule has 3 atom stereocenters. The molecule has 0 aromatic heterocycles. The van der Waals surface area contributed by atoms with Gasteiger partial charge in [0, 0.05) is 10.5 Å². The van der Waals surface area contributed by atoms with Gasteiger partial charge in [0.25, 0.3) is 0 Å². The Morgan fingerprint density at radius 1 is 1.44 bits per heavy atom. The maximum Gasteiger partial charge on any atom is 0.122 e. The van der Waals surface area contributed by atoms with Crippen LogP contribution in [-0.4, -0.2) is 24.4 Å². The van der Waals surface area contributed by atoms with Gasteiger partial charge in [0.05, 0.1) is 13.2 Å². The first-order valence-electron chi connectivity index (χ1n) is 6.26. The number of hydrogen-bond donors (Lipinski definition) is 2. The first kappa shape index (κ1) is 15.5. The van der Waals surface area contributed by atoms with Crippen LogP contribution in [0.4, 0.5) is 0 Å². The van der Waals surface area contributed by atoms with Crippen molar-refractivity contribution in [3.8, 4) is 5.75 Å². The normalized spacial score (nSPS) is 16.1. The lowest BCUT2D eigenvalue weighted by atomic mass is 9.91. The molecule has 1 aromatic rings. The van der Waals surface area contributed by atoms with Crippen molar-refractivity contribution >= 4 is 15.9 Å². The number of nitrogens with two attached hydrogens (primary N) is 1. The second-order valence-corrected chi connectivity index (χ2v) is 5.58. The molecule has 0 radical (unpaired) electrons. The summed E-state index contributed by atoms with van der Waals surface area (Å²) in [5, 5.41) is 10.0. The van der Waals surface area contributed by atoms with Crippen molar-refractivity contribution in [3.63, 3.8) is 0 Å². The summed E-state index contributed by atoms with van der Waals surface area (Å²) in [5.74, 6) is 1.05. The molecule has 4 heteroatoms. The number of aliphatic hydroxyl groups is 1. The van der Waals surface area contributed by atoms with Gasteiger partial charge in [-0.05, 0) is 42.5 Å². The van der Waals surface area contributed by atoms with Crippen LogP contribution in [0.3, 0.4) is 0 Å². The van der Waals surface area contributed by atoms with E-state index in [9.17, 15) is 5.11 Å². The predicted octanol–water partition coefficient (Wildman–Crippen LogP) is 3.05. The van der Waals surface area contributed by atoms with Gasteiger partial charge < -0.3 is 15.6 Å². The first-order valence-corrected chi connectivity index (χ1v) is 7.06. The molecule has 0 bridgehead atoms. The van der Waals surface area contributed by atoms with Crippen LogP contribution in [-0.2, 0) is 0 Å². The largest absolute Gasteiger partial charge is 0.496 e. The van der Waals surface area contributed by atoms with Gasteiger partial charge in [0.1, 0.15) is 5.75 Å². The lowest BCUT2D eigenvalue weighted by Gasteiger charge is -2.22. The molecule has 0 aliphatic carbocycles. The zero-order valence-corrected chi connectivity index (χ0v) is 12.8. The Kier molecular flexibility index (Phi) is 6.12. The molecular weight excluding hydrogens is 294 g/mol. The summed E-state index contributed by atoms with van der Waals surface area (Å²) >= 11 is 3.46. The van der Waals surface area contributed by atoms with Crippen LogP contribution in [0.15, 0.2) is 22.7 Å². The Morgan fingerprint density at radius 3 is 2.67 bits per heavy atom. The van der Waals surface area contributed by atoms with E-state index in [4.69, 9.17) is 10.5 Å². The van der Waals surface area contributed by atoms with Gasteiger partial charge in [-0.2, -0.15) is 0 Å². The molecule has 18 heavy (non-hydrogen) atoms. The number of methoxy groups -OCH3 is 1. The van der Waals surface area contributed by atoms with E-state index < -0.39 is 6.10 Å². The second kappa shape index (κ2) is 7.12. The van der Waals surface area contributed by atoms with E-state index in [2.05, 4.69) is 22.9 Å². The van der Waals surface area contributed by atoms with Gasteiger partial charge >= 0.3 is 0 Å². The molecule has 1 aromatic carbocycles. The van der Waals surface area contributed by atoms with Gasteiger partial charge in [-0.15, -0.1) is 0 Å². The molecule has 3 N–H and O–H groups in total. The Balaban J connectivity index is 2.83. The highest BCUT2D eigenvalue weighted by atomic mass is 79.9. The van der Waals surface area contributed by atoms with Crippen LogP contribution < -0.4 is 10.5 Å². The Morgan fingerprint density at radius 2 is 2.11 bits per heavy atom. The molecule has 0 fully saturated rings. The SMILES string of the molecule is CCC(N)C(O)CC(C)c1cc(Br)ccc1OC. The monoisotopic (exact) mass is 315 g/mol. The van der Waals surface area contributed by atoms with Crippen molar-refractivity contribution in [1.82, 2.24) is 0 Å². The first-order chi connectivity index (χ1) is 8.49. The van der Waals surface area contributed by atoms with Crippen molar-refractivity contribution in [1.29, 1.82) is 0 Å². The average Bonchev–Trinajstić information content (AvgIpc) is 2.37. The fraction of sp³-hybridized carbons (Fsp3) is 0.571. The number of benzene rings is 1. The molecule has 3 unspecified atom stereocenters. The Bertz CT molecular complexity index is 384. The van der Waals surface area contributed by atoms with E-state index in [-0.39, 0.29) is 12.0 Å². The van der Waals surface area contributed by atoms with Crippen molar-refractivity contribution in [3.05, 3.63) is 28.2 Å². The number of aliphatic hydroxyl groups excluding tert-OH is 1. The third kappa shape index (κ3) is 3.97.